The second kappa shape index (κ2) is 6.57. The molecule has 2 rings (SSSR count). The number of nitriles is 1. The van der Waals surface area contributed by atoms with Gasteiger partial charge >= 0.3 is 11.9 Å². The van der Waals surface area contributed by atoms with Crippen LogP contribution in [0.1, 0.15) is 12.0 Å². The Balaban J connectivity index is 2.10. The lowest BCUT2D eigenvalue weighted by molar-refractivity contribution is -0.157. The molecule has 108 valence electrons. The summed E-state index contributed by atoms with van der Waals surface area (Å²) in [6.07, 6.45) is 0.776. The van der Waals surface area contributed by atoms with Crippen LogP contribution in [-0.2, 0) is 19.1 Å². The third-order valence-corrected chi connectivity index (χ3v) is 2.90. The highest BCUT2D eigenvalue weighted by molar-refractivity contribution is 5.99. The van der Waals surface area contributed by atoms with E-state index >= 15 is 0 Å². The number of cyclic esters (lactones) is 1. The number of nitrogens with zero attached hydrogens (tertiary/aromatic N) is 1. The SMILES string of the molecule is COc1ccc(/C=C(\C#N)C(=O)O[C@@H]2CCOC2=O)cc1. The molecule has 1 aliphatic rings. The number of ether oxygens (including phenoxy) is 3. The molecule has 1 fully saturated rings. The van der Waals surface area contributed by atoms with E-state index in [-0.39, 0.29) is 12.2 Å². The van der Waals surface area contributed by atoms with E-state index < -0.39 is 18.0 Å². The smallest absolute Gasteiger partial charge is 0.349 e. The van der Waals surface area contributed by atoms with E-state index in [1.807, 2.05) is 0 Å². The number of hydrogen-bond acceptors (Lipinski definition) is 6. The Morgan fingerprint density at radius 1 is 1.43 bits per heavy atom. The molecule has 21 heavy (non-hydrogen) atoms. The van der Waals surface area contributed by atoms with E-state index in [2.05, 4.69) is 0 Å². The van der Waals surface area contributed by atoms with E-state index in [9.17, 15) is 9.59 Å². The highest BCUT2D eigenvalue weighted by atomic mass is 16.6. The van der Waals surface area contributed by atoms with E-state index in [4.69, 9.17) is 19.5 Å². The van der Waals surface area contributed by atoms with Crippen molar-refractivity contribution >= 4 is 18.0 Å². The van der Waals surface area contributed by atoms with Crippen molar-refractivity contribution in [1.29, 1.82) is 5.26 Å². The normalized spacial score (nSPS) is 17.8. The molecule has 6 nitrogen and oxygen atoms in total. The third-order valence-electron chi connectivity index (χ3n) is 2.90. The number of benzene rings is 1. The average Bonchev–Trinajstić information content (AvgIpc) is 2.90. The van der Waals surface area contributed by atoms with E-state index in [1.54, 1.807) is 37.4 Å². The van der Waals surface area contributed by atoms with E-state index in [0.717, 1.165) is 0 Å². The Labute approximate surface area is 121 Å². The Bertz CT molecular complexity index is 612. The number of hydrogen-bond donors (Lipinski definition) is 0. The van der Waals surface area contributed by atoms with Crippen molar-refractivity contribution in [2.75, 3.05) is 13.7 Å². The summed E-state index contributed by atoms with van der Waals surface area (Å²) in [5, 5.41) is 9.04. The van der Waals surface area contributed by atoms with Gasteiger partial charge in [0.25, 0.3) is 0 Å². The van der Waals surface area contributed by atoms with Crippen LogP contribution in [0.4, 0.5) is 0 Å². The van der Waals surface area contributed by atoms with Gasteiger partial charge in [-0.2, -0.15) is 5.26 Å². The fraction of sp³-hybridized carbons (Fsp3) is 0.267. The number of rotatable bonds is 4. The lowest BCUT2D eigenvalue weighted by Gasteiger charge is -2.07. The Hall–Kier alpha value is -2.81. The molecule has 0 bridgehead atoms. The highest BCUT2D eigenvalue weighted by Gasteiger charge is 2.31. The maximum absolute atomic E-state index is 11.9. The molecule has 1 aromatic rings. The third kappa shape index (κ3) is 3.60. The Morgan fingerprint density at radius 2 is 2.14 bits per heavy atom. The van der Waals surface area contributed by atoms with Gasteiger partial charge < -0.3 is 14.2 Å². The molecule has 1 atom stereocenters. The van der Waals surface area contributed by atoms with Crippen LogP contribution < -0.4 is 4.74 Å². The molecule has 0 unspecified atom stereocenters. The van der Waals surface area contributed by atoms with Gasteiger partial charge in [-0.25, -0.2) is 9.59 Å². The maximum Gasteiger partial charge on any atom is 0.349 e. The van der Waals surface area contributed by atoms with Crippen LogP contribution in [0.25, 0.3) is 6.08 Å². The lowest BCUT2D eigenvalue weighted by Crippen LogP contribution is -2.23. The summed E-state index contributed by atoms with van der Waals surface area (Å²) < 4.78 is 14.7. The van der Waals surface area contributed by atoms with Gasteiger partial charge in [0.15, 0.2) is 0 Å². The van der Waals surface area contributed by atoms with Gasteiger partial charge in [0.1, 0.15) is 17.4 Å². The summed E-state index contributed by atoms with van der Waals surface area (Å²) in [6.45, 7) is 0.223. The van der Waals surface area contributed by atoms with Crippen LogP contribution in [0, 0.1) is 11.3 Å². The van der Waals surface area contributed by atoms with Gasteiger partial charge in [-0.15, -0.1) is 0 Å². The van der Waals surface area contributed by atoms with E-state index in [1.165, 1.54) is 6.08 Å². The van der Waals surface area contributed by atoms with Crippen molar-refractivity contribution in [2.24, 2.45) is 0 Å². The van der Waals surface area contributed by atoms with Crippen LogP contribution in [0.2, 0.25) is 0 Å². The van der Waals surface area contributed by atoms with Crippen LogP contribution in [0.15, 0.2) is 29.8 Å². The maximum atomic E-state index is 11.9. The molecule has 1 aromatic carbocycles. The quantitative estimate of drug-likeness (QED) is 0.473. The first-order valence-electron chi connectivity index (χ1n) is 6.27. The molecular formula is C15H13NO5. The van der Waals surface area contributed by atoms with Crippen molar-refractivity contribution in [3.05, 3.63) is 35.4 Å². The zero-order valence-corrected chi connectivity index (χ0v) is 11.4. The van der Waals surface area contributed by atoms with Gasteiger partial charge in [0.05, 0.1) is 13.7 Å². The van der Waals surface area contributed by atoms with Gasteiger partial charge in [0.2, 0.25) is 6.10 Å². The monoisotopic (exact) mass is 287 g/mol. The first-order chi connectivity index (χ1) is 10.1. The van der Waals surface area contributed by atoms with Gasteiger partial charge in [-0.05, 0) is 23.8 Å². The molecule has 0 radical (unpaired) electrons. The second-order valence-electron chi connectivity index (χ2n) is 4.29. The van der Waals surface area contributed by atoms with Crippen LogP contribution >= 0.6 is 0 Å². The molecule has 0 spiro atoms. The first-order valence-corrected chi connectivity index (χ1v) is 6.27. The zero-order chi connectivity index (χ0) is 15.2. The molecular weight excluding hydrogens is 274 g/mol. The van der Waals surface area contributed by atoms with Gasteiger partial charge in [0, 0.05) is 6.42 Å². The largest absolute Gasteiger partial charge is 0.497 e. The van der Waals surface area contributed by atoms with Crippen molar-refractivity contribution in [2.45, 2.75) is 12.5 Å². The summed E-state index contributed by atoms with van der Waals surface area (Å²) in [6, 6.07) is 8.59. The van der Waals surface area contributed by atoms with Gasteiger partial charge in [-0.3, -0.25) is 0 Å². The summed E-state index contributed by atoms with van der Waals surface area (Å²) in [7, 11) is 1.55. The standard InChI is InChI=1S/C15H13NO5/c1-19-12-4-2-10(3-5-12)8-11(9-16)14(17)21-13-6-7-20-15(13)18/h2-5,8,13H,6-7H2,1H3/b11-8+/t13-/m1/s1. The predicted octanol–water partition coefficient (Wildman–Crippen LogP) is 1.46. The Kier molecular flexibility index (Phi) is 4.57. The fourth-order valence-corrected chi connectivity index (χ4v) is 1.78. The van der Waals surface area contributed by atoms with Gasteiger partial charge in [-0.1, -0.05) is 12.1 Å². The second-order valence-corrected chi connectivity index (χ2v) is 4.29. The van der Waals surface area contributed by atoms with Crippen molar-refractivity contribution in [1.82, 2.24) is 0 Å². The molecule has 1 saturated heterocycles. The minimum absolute atomic E-state index is 0.181. The lowest BCUT2D eigenvalue weighted by atomic mass is 10.1. The van der Waals surface area contributed by atoms with Crippen molar-refractivity contribution in [3.8, 4) is 11.8 Å². The zero-order valence-electron chi connectivity index (χ0n) is 11.4. The molecule has 0 N–H and O–H groups in total. The molecule has 0 saturated carbocycles. The number of methoxy groups -OCH3 is 1. The molecule has 1 aliphatic heterocycles. The van der Waals surface area contributed by atoms with E-state index in [0.29, 0.717) is 17.7 Å². The molecule has 0 amide bonds. The van der Waals surface area contributed by atoms with Crippen molar-refractivity contribution in [3.63, 3.8) is 0 Å². The number of carbonyl (C=O) groups excluding carboxylic acids is 2. The molecule has 0 aliphatic carbocycles. The molecule has 1 heterocycles. The predicted molar refractivity (Wildman–Crippen MR) is 72.0 cm³/mol. The summed E-state index contributed by atoms with van der Waals surface area (Å²) in [5.41, 5.74) is 0.471. The summed E-state index contributed by atoms with van der Waals surface area (Å²) in [5.74, 6) is -0.746. The van der Waals surface area contributed by atoms with Crippen LogP contribution in [-0.4, -0.2) is 31.8 Å². The highest BCUT2D eigenvalue weighted by Crippen LogP contribution is 2.16. The summed E-state index contributed by atoms with van der Waals surface area (Å²) >= 11 is 0. The summed E-state index contributed by atoms with van der Waals surface area (Å²) in [4.78, 5) is 23.1. The first kappa shape index (κ1) is 14.6. The molecule has 6 heteroatoms. The minimum Gasteiger partial charge on any atom is -0.497 e. The number of carbonyl (C=O) groups is 2. The number of esters is 2. The topological polar surface area (TPSA) is 85.6 Å². The van der Waals surface area contributed by atoms with Crippen molar-refractivity contribution < 1.29 is 23.8 Å². The average molecular weight is 287 g/mol. The van der Waals surface area contributed by atoms with Crippen LogP contribution in [0.3, 0.4) is 0 Å². The Morgan fingerprint density at radius 3 is 2.67 bits per heavy atom. The molecule has 0 aromatic heterocycles. The minimum atomic E-state index is -0.926. The van der Waals surface area contributed by atoms with Crippen LogP contribution in [0.5, 0.6) is 5.75 Å². The fourth-order valence-electron chi connectivity index (χ4n) is 1.78.